The van der Waals surface area contributed by atoms with E-state index >= 15 is 0 Å². The van der Waals surface area contributed by atoms with Gasteiger partial charge in [-0.25, -0.2) is 9.80 Å². The number of amides is 1. The lowest BCUT2D eigenvalue weighted by atomic mass is 9.77. The van der Waals surface area contributed by atoms with Gasteiger partial charge in [0, 0.05) is 5.92 Å². The monoisotopic (exact) mass is 570 g/mol. The number of ether oxygens (including phenoxy) is 5. The van der Waals surface area contributed by atoms with E-state index in [0.717, 1.165) is 53.2 Å². The maximum absolute atomic E-state index is 13.5. The molecule has 3 aromatic carbocycles. The van der Waals surface area contributed by atoms with Crippen LogP contribution >= 0.6 is 0 Å². The molecular formula is C33H34N2O7. The number of fused-ring (bicyclic) bond motifs is 1. The molecule has 0 N–H and O–H groups in total. The van der Waals surface area contributed by atoms with Gasteiger partial charge < -0.3 is 23.7 Å². The Kier molecular flexibility index (Phi) is 9.06. The van der Waals surface area contributed by atoms with Gasteiger partial charge in [0.25, 0.3) is 5.91 Å². The number of carbonyl (C=O) groups excluding carboxylic acids is 2. The summed E-state index contributed by atoms with van der Waals surface area (Å²) in [4.78, 5) is 25.9. The third-order valence-electron chi connectivity index (χ3n) is 7.44. The highest BCUT2D eigenvalue weighted by atomic mass is 16.6. The van der Waals surface area contributed by atoms with E-state index in [9.17, 15) is 9.59 Å². The minimum atomic E-state index is -0.649. The highest BCUT2D eigenvalue weighted by Crippen LogP contribution is 2.44. The minimum absolute atomic E-state index is 0.00898. The molecule has 3 aromatic rings. The van der Waals surface area contributed by atoms with Gasteiger partial charge in [0.05, 0.1) is 33.1 Å². The Labute approximate surface area is 245 Å². The van der Waals surface area contributed by atoms with Crippen molar-refractivity contribution in [2.75, 3.05) is 34.5 Å². The SMILES string of the molecule is COc1ccc(C=C2CCCC3C2=NN(C(=O)COC(=O)COc2ccc(OC)cc2)C3c2ccc(OC)cc2)cc1. The van der Waals surface area contributed by atoms with Gasteiger partial charge in [-0.3, -0.25) is 4.79 Å². The quantitative estimate of drug-likeness (QED) is 0.299. The third kappa shape index (κ3) is 6.57. The van der Waals surface area contributed by atoms with Crippen LogP contribution in [0.2, 0.25) is 0 Å². The predicted octanol–water partition coefficient (Wildman–Crippen LogP) is 5.46. The molecule has 0 spiro atoms. The van der Waals surface area contributed by atoms with Crippen LogP contribution in [0, 0.1) is 5.92 Å². The summed E-state index contributed by atoms with van der Waals surface area (Å²) in [5.74, 6) is 1.64. The van der Waals surface area contributed by atoms with Gasteiger partial charge in [-0.15, -0.1) is 0 Å². The Morgan fingerprint density at radius 2 is 1.38 bits per heavy atom. The van der Waals surface area contributed by atoms with Crippen molar-refractivity contribution in [1.82, 2.24) is 5.01 Å². The number of hydrazone groups is 1. The molecular weight excluding hydrogens is 536 g/mol. The second kappa shape index (κ2) is 13.2. The lowest BCUT2D eigenvalue weighted by Crippen LogP contribution is -2.35. The predicted molar refractivity (Wildman–Crippen MR) is 158 cm³/mol. The number of allylic oxidation sites excluding steroid dienone is 1. The van der Waals surface area contributed by atoms with Crippen LogP contribution in [-0.4, -0.2) is 57.1 Å². The van der Waals surface area contributed by atoms with Gasteiger partial charge in [-0.1, -0.05) is 24.3 Å². The van der Waals surface area contributed by atoms with Crippen molar-refractivity contribution in [3.8, 4) is 23.0 Å². The van der Waals surface area contributed by atoms with Crippen LogP contribution in [0.3, 0.4) is 0 Å². The molecule has 9 heteroatoms. The molecule has 42 heavy (non-hydrogen) atoms. The van der Waals surface area contributed by atoms with Gasteiger partial charge in [-0.2, -0.15) is 5.10 Å². The normalized spacial score (nSPS) is 18.6. The second-order valence-corrected chi connectivity index (χ2v) is 10.0. The van der Waals surface area contributed by atoms with E-state index in [4.69, 9.17) is 28.8 Å². The first-order chi connectivity index (χ1) is 20.5. The summed E-state index contributed by atoms with van der Waals surface area (Å²) >= 11 is 0. The third-order valence-corrected chi connectivity index (χ3v) is 7.44. The number of nitrogens with zero attached hydrogens (tertiary/aromatic N) is 2. The molecule has 1 aliphatic heterocycles. The average Bonchev–Trinajstić information content (AvgIpc) is 3.44. The summed E-state index contributed by atoms with van der Waals surface area (Å²) in [5, 5.41) is 6.33. The molecule has 2 unspecified atom stereocenters. The van der Waals surface area contributed by atoms with Crippen molar-refractivity contribution in [3.05, 3.63) is 89.5 Å². The summed E-state index contributed by atoms with van der Waals surface area (Å²) in [6, 6.07) is 22.0. The van der Waals surface area contributed by atoms with Crippen LogP contribution in [0.5, 0.6) is 23.0 Å². The maximum Gasteiger partial charge on any atom is 0.344 e. The van der Waals surface area contributed by atoms with Crippen LogP contribution in [0.25, 0.3) is 6.08 Å². The molecule has 0 aromatic heterocycles. The summed E-state index contributed by atoms with van der Waals surface area (Å²) in [5.41, 5.74) is 3.95. The summed E-state index contributed by atoms with van der Waals surface area (Å²) in [7, 11) is 4.83. The lowest BCUT2D eigenvalue weighted by molar-refractivity contribution is -0.154. The fourth-order valence-electron chi connectivity index (χ4n) is 5.31. The van der Waals surface area contributed by atoms with E-state index in [1.807, 2.05) is 48.5 Å². The number of benzene rings is 3. The molecule has 1 fully saturated rings. The second-order valence-electron chi connectivity index (χ2n) is 10.0. The average molecular weight is 571 g/mol. The van der Waals surface area contributed by atoms with Crippen LogP contribution in [-0.2, 0) is 14.3 Å². The zero-order valence-electron chi connectivity index (χ0n) is 23.9. The Bertz CT molecular complexity index is 1450. The van der Waals surface area contributed by atoms with Gasteiger partial charge in [0.1, 0.15) is 23.0 Å². The zero-order chi connectivity index (χ0) is 29.5. The maximum atomic E-state index is 13.5. The molecule has 9 nitrogen and oxygen atoms in total. The van der Waals surface area contributed by atoms with Crippen LogP contribution in [0.4, 0.5) is 0 Å². The topological polar surface area (TPSA) is 95.9 Å². The van der Waals surface area contributed by atoms with Gasteiger partial charge >= 0.3 is 5.97 Å². The van der Waals surface area contributed by atoms with Crippen molar-refractivity contribution in [2.24, 2.45) is 11.0 Å². The zero-order valence-corrected chi connectivity index (χ0v) is 23.9. The molecule has 1 aliphatic carbocycles. The first-order valence-corrected chi connectivity index (χ1v) is 13.8. The lowest BCUT2D eigenvalue weighted by Gasteiger charge is -2.29. The number of esters is 1. The summed E-state index contributed by atoms with van der Waals surface area (Å²) in [6.07, 6.45) is 4.84. The molecule has 0 saturated heterocycles. The van der Waals surface area contributed by atoms with Crippen molar-refractivity contribution in [1.29, 1.82) is 0 Å². The first-order valence-electron chi connectivity index (χ1n) is 13.8. The van der Waals surface area contributed by atoms with Crippen molar-refractivity contribution in [3.63, 3.8) is 0 Å². The first kappa shape index (κ1) is 28.7. The number of rotatable bonds is 10. The van der Waals surface area contributed by atoms with E-state index in [-0.39, 0.29) is 18.6 Å². The molecule has 2 aliphatic rings. The number of carbonyl (C=O) groups is 2. The van der Waals surface area contributed by atoms with Crippen LogP contribution in [0.1, 0.15) is 36.4 Å². The Balaban J connectivity index is 1.33. The summed E-state index contributed by atoms with van der Waals surface area (Å²) in [6.45, 7) is -0.772. The molecule has 5 rings (SSSR count). The van der Waals surface area contributed by atoms with Crippen molar-refractivity contribution < 1.29 is 33.3 Å². The van der Waals surface area contributed by atoms with Gasteiger partial charge in [0.2, 0.25) is 0 Å². The Morgan fingerprint density at radius 3 is 2.00 bits per heavy atom. The largest absolute Gasteiger partial charge is 0.497 e. The molecule has 0 radical (unpaired) electrons. The van der Waals surface area contributed by atoms with Crippen molar-refractivity contribution in [2.45, 2.75) is 25.3 Å². The van der Waals surface area contributed by atoms with Crippen molar-refractivity contribution >= 4 is 23.7 Å². The minimum Gasteiger partial charge on any atom is -0.497 e. The molecule has 1 amide bonds. The standard InChI is InChI=1S/C33H34N2O7/c1-38-25-11-7-22(8-12-25)19-24-5-4-6-29-32(24)34-35(33(29)23-9-13-26(39-2)14-10-23)30(36)20-42-31(37)21-41-28-17-15-27(40-3)16-18-28/h7-19,29,33H,4-6,20-21H2,1-3H3. The molecule has 1 heterocycles. The fraction of sp³-hybridized carbons (Fsp3) is 0.303. The number of hydrogen-bond donors (Lipinski definition) is 0. The molecule has 2 atom stereocenters. The Morgan fingerprint density at radius 1 is 0.810 bits per heavy atom. The van der Waals surface area contributed by atoms with E-state index in [1.54, 1.807) is 45.6 Å². The van der Waals surface area contributed by atoms with Gasteiger partial charge in [-0.05, 0) is 90.6 Å². The highest BCUT2D eigenvalue weighted by molar-refractivity contribution is 6.08. The van der Waals surface area contributed by atoms with E-state index in [1.165, 1.54) is 5.01 Å². The van der Waals surface area contributed by atoms with Crippen LogP contribution in [0.15, 0.2) is 83.5 Å². The smallest absolute Gasteiger partial charge is 0.344 e. The van der Waals surface area contributed by atoms with Gasteiger partial charge in [0.15, 0.2) is 13.2 Å². The van der Waals surface area contributed by atoms with E-state index in [0.29, 0.717) is 11.5 Å². The Hall–Kier alpha value is -4.79. The van der Waals surface area contributed by atoms with Crippen LogP contribution < -0.4 is 18.9 Å². The van der Waals surface area contributed by atoms with E-state index in [2.05, 4.69) is 6.08 Å². The fourth-order valence-corrected chi connectivity index (χ4v) is 5.31. The number of methoxy groups -OCH3 is 3. The summed E-state index contributed by atoms with van der Waals surface area (Å²) < 4.78 is 26.6. The number of hydrogen-bond acceptors (Lipinski definition) is 8. The molecule has 0 bridgehead atoms. The molecule has 218 valence electrons. The molecule has 1 saturated carbocycles. The van der Waals surface area contributed by atoms with E-state index < -0.39 is 18.5 Å². The highest BCUT2D eigenvalue weighted by Gasteiger charge is 2.43.